The Morgan fingerprint density at radius 1 is 1.00 bits per heavy atom. The van der Waals surface area contributed by atoms with E-state index in [0.717, 1.165) is 12.8 Å². The van der Waals surface area contributed by atoms with Crippen molar-refractivity contribution >= 4 is 5.91 Å². The lowest BCUT2D eigenvalue weighted by molar-refractivity contribution is -0.117. The highest BCUT2D eigenvalue weighted by Gasteiger charge is 2.32. The highest BCUT2D eigenvalue weighted by atomic mass is 16.1. The van der Waals surface area contributed by atoms with Crippen molar-refractivity contribution in [3.8, 4) is 0 Å². The maximum atomic E-state index is 11.9. The van der Waals surface area contributed by atoms with Crippen molar-refractivity contribution in [2.45, 2.75) is 52.5 Å². The SMILES string of the molecule is C=CC(=O)N[C@H]1CC[C@H](c2cc(C)ccc2C)c2c(C)ccc(C)c21. The molecule has 1 aliphatic carbocycles. The minimum atomic E-state index is -0.0953. The monoisotopic (exact) mass is 333 g/mol. The zero-order chi connectivity index (χ0) is 18.1. The number of rotatable bonds is 3. The van der Waals surface area contributed by atoms with Crippen LogP contribution >= 0.6 is 0 Å². The van der Waals surface area contributed by atoms with Crippen LogP contribution in [0.15, 0.2) is 43.0 Å². The summed E-state index contributed by atoms with van der Waals surface area (Å²) in [6.07, 6.45) is 3.36. The molecule has 2 heteroatoms. The van der Waals surface area contributed by atoms with Crippen molar-refractivity contribution in [3.05, 3.63) is 81.9 Å². The summed E-state index contributed by atoms with van der Waals surface area (Å²) < 4.78 is 0. The third-order valence-corrected chi connectivity index (χ3v) is 5.48. The zero-order valence-corrected chi connectivity index (χ0v) is 15.6. The van der Waals surface area contributed by atoms with Gasteiger partial charge in [0.25, 0.3) is 0 Å². The summed E-state index contributed by atoms with van der Waals surface area (Å²) in [6.45, 7) is 12.3. The van der Waals surface area contributed by atoms with Crippen molar-refractivity contribution in [1.82, 2.24) is 5.32 Å². The summed E-state index contributed by atoms with van der Waals surface area (Å²) in [7, 11) is 0. The maximum Gasteiger partial charge on any atom is 0.243 e. The van der Waals surface area contributed by atoms with E-state index in [2.05, 4.69) is 69.9 Å². The van der Waals surface area contributed by atoms with E-state index in [1.165, 1.54) is 45.0 Å². The molecule has 0 bridgehead atoms. The predicted octanol–water partition coefficient (Wildman–Crippen LogP) is 5.19. The molecule has 3 rings (SSSR count). The lowest BCUT2D eigenvalue weighted by Gasteiger charge is -2.35. The van der Waals surface area contributed by atoms with Gasteiger partial charge in [-0.25, -0.2) is 0 Å². The molecule has 0 radical (unpaired) electrons. The molecule has 2 atom stereocenters. The molecular formula is C23H27NO. The number of hydrogen-bond acceptors (Lipinski definition) is 1. The molecule has 1 amide bonds. The minimum Gasteiger partial charge on any atom is -0.346 e. The summed E-state index contributed by atoms with van der Waals surface area (Å²) in [5.74, 6) is 0.300. The third-order valence-electron chi connectivity index (χ3n) is 5.48. The van der Waals surface area contributed by atoms with Crippen LogP contribution in [-0.4, -0.2) is 5.91 Å². The summed E-state index contributed by atoms with van der Waals surface area (Å²) in [6, 6.07) is 11.2. The van der Waals surface area contributed by atoms with Crippen molar-refractivity contribution in [2.75, 3.05) is 0 Å². The van der Waals surface area contributed by atoms with E-state index in [0.29, 0.717) is 5.92 Å². The molecule has 130 valence electrons. The summed E-state index contributed by atoms with van der Waals surface area (Å²) >= 11 is 0. The van der Waals surface area contributed by atoms with E-state index in [9.17, 15) is 4.79 Å². The van der Waals surface area contributed by atoms with Crippen LogP contribution in [0.1, 0.15) is 63.7 Å². The molecule has 0 saturated carbocycles. The van der Waals surface area contributed by atoms with Gasteiger partial charge < -0.3 is 5.32 Å². The Balaban J connectivity index is 2.14. The van der Waals surface area contributed by atoms with E-state index >= 15 is 0 Å². The smallest absolute Gasteiger partial charge is 0.243 e. The molecular weight excluding hydrogens is 306 g/mol. The number of amides is 1. The standard InChI is InChI=1S/C23H27NO/c1-6-21(25)24-20-12-11-18(19-13-14(2)7-8-15(19)3)22-16(4)9-10-17(5)23(20)22/h6-10,13,18,20H,1,11-12H2,2-5H3,(H,24,25)/t18-,20+/m1/s1. The van der Waals surface area contributed by atoms with Gasteiger partial charge >= 0.3 is 0 Å². The summed E-state index contributed by atoms with van der Waals surface area (Å²) in [4.78, 5) is 11.9. The molecule has 1 N–H and O–H groups in total. The zero-order valence-electron chi connectivity index (χ0n) is 15.6. The Morgan fingerprint density at radius 3 is 2.32 bits per heavy atom. The Morgan fingerprint density at radius 2 is 1.64 bits per heavy atom. The molecule has 2 aromatic carbocycles. The second-order valence-corrected chi connectivity index (χ2v) is 7.28. The number of nitrogens with one attached hydrogen (secondary N) is 1. The van der Waals surface area contributed by atoms with Crippen LogP contribution in [-0.2, 0) is 4.79 Å². The number of carbonyl (C=O) groups excluding carboxylic acids is 1. The Hall–Kier alpha value is -2.35. The molecule has 1 aliphatic rings. The number of aryl methyl sites for hydroxylation is 4. The Bertz CT molecular complexity index is 834. The summed E-state index contributed by atoms with van der Waals surface area (Å²) in [5, 5.41) is 3.13. The number of hydrogen-bond donors (Lipinski definition) is 1. The molecule has 25 heavy (non-hydrogen) atoms. The average molecular weight is 333 g/mol. The van der Waals surface area contributed by atoms with Crippen LogP contribution in [0.5, 0.6) is 0 Å². The highest BCUT2D eigenvalue weighted by molar-refractivity contribution is 5.87. The van der Waals surface area contributed by atoms with Gasteiger partial charge in [0.05, 0.1) is 6.04 Å². The quantitative estimate of drug-likeness (QED) is 0.770. The first-order valence-corrected chi connectivity index (χ1v) is 9.02. The molecule has 0 aromatic heterocycles. The minimum absolute atomic E-state index is 0.0711. The van der Waals surface area contributed by atoms with Gasteiger partial charge in [-0.05, 0) is 80.0 Å². The third kappa shape index (κ3) is 3.26. The first kappa shape index (κ1) is 17.5. The van der Waals surface area contributed by atoms with Gasteiger partial charge in [-0.15, -0.1) is 0 Å². The average Bonchev–Trinajstić information content (AvgIpc) is 2.60. The summed E-state index contributed by atoms with van der Waals surface area (Å²) in [5.41, 5.74) is 9.32. The first-order valence-electron chi connectivity index (χ1n) is 9.02. The Labute approximate surface area is 151 Å². The van der Waals surface area contributed by atoms with Crippen LogP contribution in [0.4, 0.5) is 0 Å². The molecule has 0 heterocycles. The molecule has 0 spiro atoms. The van der Waals surface area contributed by atoms with Gasteiger partial charge in [0.2, 0.25) is 5.91 Å². The van der Waals surface area contributed by atoms with E-state index in [4.69, 9.17) is 0 Å². The molecule has 0 aliphatic heterocycles. The van der Waals surface area contributed by atoms with Gasteiger partial charge in [0.1, 0.15) is 0 Å². The van der Waals surface area contributed by atoms with Crippen LogP contribution < -0.4 is 5.32 Å². The van der Waals surface area contributed by atoms with Crippen LogP contribution in [0.3, 0.4) is 0 Å². The largest absolute Gasteiger partial charge is 0.346 e. The molecule has 0 saturated heterocycles. The topological polar surface area (TPSA) is 29.1 Å². The number of benzene rings is 2. The van der Waals surface area contributed by atoms with Gasteiger partial charge in [0, 0.05) is 5.92 Å². The predicted molar refractivity (Wildman–Crippen MR) is 104 cm³/mol. The van der Waals surface area contributed by atoms with Gasteiger partial charge in [-0.2, -0.15) is 0 Å². The van der Waals surface area contributed by atoms with Crippen LogP contribution in [0.25, 0.3) is 0 Å². The fourth-order valence-corrected chi connectivity index (χ4v) is 4.22. The second kappa shape index (κ2) is 6.87. The maximum absolute atomic E-state index is 11.9. The molecule has 0 fully saturated rings. The molecule has 2 nitrogen and oxygen atoms in total. The fraction of sp³-hybridized carbons (Fsp3) is 0.348. The lowest BCUT2D eigenvalue weighted by Crippen LogP contribution is -2.32. The normalized spacial score (nSPS) is 19.2. The van der Waals surface area contributed by atoms with Crippen LogP contribution in [0.2, 0.25) is 0 Å². The second-order valence-electron chi connectivity index (χ2n) is 7.28. The molecule has 0 unspecified atom stereocenters. The van der Waals surface area contributed by atoms with Crippen molar-refractivity contribution in [1.29, 1.82) is 0 Å². The molecule has 2 aromatic rings. The van der Waals surface area contributed by atoms with E-state index < -0.39 is 0 Å². The van der Waals surface area contributed by atoms with Crippen molar-refractivity contribution < 1.29 is 4.79 Å². The number of carbonyl (C=O) groups is 1. The first-order chi connectivity index (χ1) is 11.9. The van der Waals surface area contributed by atoms with Gasteiger partial charge in [0.15, 0.2) is 0 Å². The van der Waals surface area contributed by atoms with Gasteiger partial charge in [-0.1, -0.05) is 42.5 Å². The number of fused-ring (bicyclic) bond motifs is 1. The van der Waals surface area contributed by atoms with E-state index in [1.807, 2.05) is 0 Å². The van der Waals surface area contributed by atoms with Crippen LogP contribution in [0, 0.1) is 27.7 Å². The fourth-order valence-electron chi connectivity index (χ4n) is 4.22. The Kier molecular flexibility index (Phi) is 4.80. The highest BCUT2D eigenvalue weighted by Crippen LogP contribution is 2.45. The lowest BCUT2D eigenvalue weighted by atomic mass is 9.72. The van der Waals surface area contributed by atoms with E-state index in [-0.39, 0.29) is 11.9 Å². The van der Waals surface area contributed by atoms with E-state index in [1.54, 1.807) is 0 Å². The van der Waals surface area contributed by atoms with Crippen molar-refractivity contribution in [3.63, 3.8) is 0 Å². The van der Waals surface area contributed by atoms with Gasteiger partial charge in [-0.3, -0.25) is 4.79 Å². The van der Waals surface area contributed by atoms with Crippen molar-refractivity contribution in [2.24, 2.45) is 0 Å².